The Hall–Kier alpha value is -9.19. The average molecular weight is 884 g/mol. The Kier molecular flexibility index (Phi) is 9.65. The Morgan fingerprint density at radius 1 is 0.275 bits per heavy atom. The summed E-state index contributed by atoms with van der Waals surface area (Å²) >= 11 is 0. The lowest BCUT2D eigenvalue weighted by Crippen LogP contribution is -2.28. The fourth-order valence-electron chi connectivity index (χ4n) is 10.3. The number of benzene rings is 10. The zero-order valence-corrected chi connectivity index (χ0v) is 37.3. The maximum atomic E-state index is 7.26. The maximum absolute atomic E-state index is 7.26. The van der Waals surface area contributed by atoms with Crippen molar-refractivity contribution in [3.63, 3.8) is 0 Å². The molecule has 2 heterocycles. The van der Waals surface area contributed by atoms with Crippen LogP contribution in [0.4, 0.5) is 0 Å². The van der Waals surface area contributed by atoms with Crippen molar-refractivity contribution < 1.29 is 9.47 Å². The van der Waals surface area contributed by atoms with Crippen LogP contribution in [0.15, 0.2) is 249 Å². The van der Waals surface area contributed by atoms with Crippen LogP contribution in [0.25, 0.3) is 78.7 Å². The van der Waals surface area contributed by atoms with Gasteiger partial charge < -0.3 is 9.47 Å². The van der Waals surface area contributed by atoms with Crippen LogP contribution < -0.4 is 9.47 Å². The maximum Gasteiger partial charge on any atom is 0.178 e. The summed E-state index contributed by atoms with van der Waals surface area (Å²) in [5, 5.41) is 0. The molecule has 0 unspecified atom stereocenters. The molecule has 0 amide bonds. The van der Waals surface area contributed by atoms with Crippen molar-refractivity contribution in [1.29, 1.82) is 0 Å². The average Bonchev–Trinajstić information content (AvgIpc) is 3.75. The number of fused-ring (bicyclic) bond motifs is 6. The van der Waals surface area contributed by atoms with E-state index in [0.717, 1.165) is 66.8 Å². The first-order valence-electron chi connectivity index (χ1n) is 23.2. The van der Waals surface area contributed by atoms with Gasteiger partial charge in [-0.3, -0.25) is 0 Å². The molecule has 324 valence electrons. The van der Waals surface area contributed by atoms with Crippen molar-refractivity contribution in [1.82, 2.24) is 15.0 Å². The van der Waals surface area contributed by atoms with Crippen molar-refractivity contribution in [3.05, 3.63) is 271 Å². The number of para-hydroxylation sites is 1. The molecule has 1 aliphatic carbocycles. The number of ether oxygens (including phenoxy) is 2. The Bertz CT molecular complexity index is 3580. The molecule has 2 aliphatic rings. The third-order valence-corrected chi connectivity index (χ3v) is 13.5. The van der Waals surface area contributed by atoms with Gasteiger partial charge in [0, 0.05) is 27.8 Å². The van der Waals surface area contributed by atoms with Gasteiger partial charge in [-0.25, -0.2) is 15.0 Å². The second kappa shape index (κ2) is 16.6. The third-order valence-electron chi connectivity index (χ3n) is 13.5. The highest BCUT2D eigenvalue weighted by Crippen LogP contribution is 2.63. The van der Waals surface area contributed by atoms with E-state index in [-0.39, 0.29) is 0 Å². The van der Waals surface area contributed by atoms with E-state index in [0.29, 0.717) is 40.5 Å². The molecule has 0 saturated heterocycles. The molecule has 0 radical (unpaired) electrons. The summed E-state index contributed by atoms with van der Waals surface area (Å²) in [7, 11) is 0. The monoisotopic (exact) mass is 883 g/mol. The van der Waals surface area contributed by atoms with Crippen molar-refractivity contribution in [2.75, 3.05) is 0 Å². The molecule has 11 aromatic rings. The van der Waals surface area contributed by atoms with E-state index in [1.54, 1.807) is 0 Å². The fraction of sp³-hybridized carbons (Fsp3) is 0.0156. The van der Waals surface area contributed by atoms with Crippen LogP contribution in [-0.4, -0.2) is 15.0 Å². The highest BCUT2D eigenvalue weighted by molar-refractivity contribution is 5.93. The van der Waals surface area contributed by atoms with Gasteiger partial charge in [-0.1, -0.05) is 218 Å². The molecule has 5 heteroatoms. The van der Waals surface area contributed by atoms with E-state index in [1.807, 2.05) is 24.3 Å². The molecule has 0 saturated carbocycles. The van der Waals surface area contributed by atoms with Crippen LogP contribution in [0.5, 0.6) is 23.0 Å². The van der Waals surface area contributed by atoms with Crippen LogP contribution in [-0.2, 0) is 5.41 Å². The van der Waals surface area contributed by atoms with Gasteiger partial charge in [-0.15, -0.1) is 0 Å². The van der Waals surface area contributed by atoms with Gasteiger partial charge in [0.25, 0.3) is 0 Å². The molecular formula is C64H41N3O2. The van der Waals surface area contributed by atoms with Crippen LogP contribution in [0.2, 0.25) is 0 Å². The van der Waals surface area contributed by atoms with Crippen molar-refractivity contribution in [2.24, 2.45) is 0 Å². The molecular weight excluding hydrogens is 843 g/mol. The molecule has 1 aliphatic heterocycles. The summed E-state index contributed by atoms with van der Waals surface area (Å²) in [6.45, 7) is 0. The smallest absolute Gasteiger partial charge is 0.178 e. The summed E-state index contributed by atoms with van der Waals surface area (Å²) in [5.41, 5.74) is 15.2. The first-order valence-corrected chi connectivity index (χ1v) is 23.2. The minimum absolute atomic E-state index is 0.562. The predicted molar refractivity (Wildman–Crippen MR) is 276 cm³/mol. The Labute approximate surface area is 400 Å². The highest BCUT2D eigenvalue weighted by Gasteiger charge is 2.48. The van der Waals surface area contributed by atoms with E-state index >= 15 is 0 Å². The standard InChI is InChI=1S/C64H41N3O2/c1-5-19-42(20-6-1)44-23-15-26-47(39-44)61-65-62(48-27-16-24-45(40-48)43-21-7-2-8-22-43)67-63(66-61)49-28-17-25-46(41-49)52-34-18-36-56-59(52)69-60-57(68-56)38-37-55-58(60)53-33-13-14-35-54(53)64(55,50-29-9-3-10-30-50)51-31-11-4-12-32-51/h1-41H. The van der Waals surface area contributed by atoms with Crippen LogP contribution in [0.3, 0.4) is 0 Å². The summed E-state index contributed by atoms with van der Waals surface area (Å²) in [5.74, 6) is 4.42. The largest absolute Gasteiger partial charge is 0.449 e. The fourth-order valence-corrected chi connectivity index (χ4v) is 10.3. The molecule has 10 aromatic carbocycles. The summed E-state index contributed by atoms with van der Waals surface area (Å²) in [4.78, 5) is 15.6. The Morgan fingerprint density at radius 3 is 1.26 bits per heavy atom. The molecule has 0 bridgehead atoms. The molecule has 5 nitrogen and oxygen atoms in total. The molecule has 0 spiro atoms. The van der Waals surface area contributed by atoms with Gasteiger partial charge in [0.05, 0.1) is 5.41 Å². The molecule has 0 fully saturated rings. The van der Waals surface area contributed by atoms with E-state index in [1.165, 1.54) is 16.7 Å². The minimum atomic E-state index is -0.574. The predicted octanol–water partition coefficient (Wildman–Crippen LogP) is 16.1. The third kappa shape index (κ3) is 6.82. The van der Waals surface area contributed by atoms with Gasteiger partial charge >= 0.3 is 0 Å². The summed E-state index contributed by atoms with van der Waals surface area (Å²) in [6.07, 6.45) is 0. The van der Waals surface area contributed by atoms with Gasteiger partial charge in [-0.2, -0.15) is 0 Å². The Morgan fingerprint density at radius 2 is 0.696 bits per heavy atom. The van der Waals surface area contributed by atoms with E-state index < -0.39 is 5.41 Å². The number of rotatable bonds is 8. The van der Waals surface area contributed by atoms with Crippen molar-refractivity contribution in [2.45, 2.75) is 5.41 Å². The normalized spacial score (nSPS) is 12.7. The van der Waals surface area contributed by atoms with Crippen molar-refractivity contribution >= 4 is 0 Å². The summed E-state index contributed by atoms with van der Waals surface area (Å²) < 4.78 is 14.1. The lowest BCUT2D eigenvalue weighted by atomic mass is 9.68. The number of nitrogens with zero attached hydrogens (tertiary/aromatic N) is 3. The van der Waals surface area contributed by atoms with Crippen LogP contribution in [0.1, 0.15) is 22.3 Å². The number of hydrogen-bond acceptors (Lipinski definition) is 5. The molecule has 1 aromatic heterocycles. The topological polar surface area (TPSA) is 57.1 Å². The second-order valence-electron chi connectivity index (χ2n) is 17.5. The molecule has 0 N–H and O–H groups in total. The van der Waals surface area contributed by atoms with Crippen LogP contribution in [0, 0.1) is 0 Å². The molecule has 13 rings (SSSR count). The van der Waals surface area contributed by atoms with Gasteiger partial charge in [-0.05, 0) is 86.0 Å². The van der Waals surface area contributed by atoms with Crippen molar-refractivity contribution in [3.8, 4) is 102 Å². The zero-order valence-electron chi connectivity index (χ0n) is 37.3. The lowest BCUT2D eigenvalue weighted by Gasteiger charge is -2.34. The molecule has 69 heavy (non-hydrogen) atoms. The van der Waals surface area contributed by atoms with E-state index in [2.05, 4.69) is 224 Å². The van der Waals surface area contributed by atoms with E-state index in [9.17, 15) is 0 Å². The second-order valence-corrected chi connectivity index (χ2v) is 17.5. The van der Waals surface area contributed by atoms with Gasteiger partial charge in [0.2, 0.25) is 0 Å². The van der Waals surface area contributed by atoms with E-state index in [4.69, 9.17) is 24.4 Å². The SMILES string of the molecule is c1ccc(-c2cccc(-c3nc(-c4cccc(-c5ccccc5)c4)nc(-c4cccc(-c5cccc6c5Oc5c(ccc7c5-c5ccccc5C7(c5ccccc5)c5ccccc5)O6)c4)n3)c2)cc1. The minimum Gasteiger partial charge on any atom is -0.449 e. The highest BCUT2D eigenvalue weighted by atomic mass is 16.6. The molecule has 0 atom stereocenters. The first-order chi connectivity index (χ1) is 34.2. The first kappa shape index (κ1) is 40.1. The zero-order chi connectivity index (χ0) is 45.7. The van der Waals surface area contributed by atoms with Gasteiger partial charge in [0.15, 0.2) is 40.5 Å². The number of hydrogen-bond donors (Lipinski definition) is 0. The lowest BCUT2D eigenvalue weighted by molar-refractivity contribution is 0.361. The van der Waals surface area contributed by atoms with Gasteiger partial charge in [0.1, 0.15) is 0 Å². The number of aromatic nitrogens is 3. The summed E-state index contributed by atoms with van der Waals surface area (Å²) in [6, 6.07) is 86.6. The quantitative estimate of drug-likeness (QED) is 0.152. The Balaban J connectivity index is 0.937. The van der Waals surface area contributed by atoms with Crippen LogP contribution >= 0.6 is 0 Å².